The van der Waals surface area contributed by atoms with Gasteiger partial charge in [-0.3, -0.25) is 0 Å². The summed E-state index contributed by atoms with van der Waals surface area (Å²) in [6, 6.07) is 0. The van der Waals surface area contributed by atoms with Gasteiger partial charge in [-0.1, -0.05) is 27.7 Å². The maximum atomic E-state index is 10.6. The summed E-state index contributed by atoms with van der Waals surface area (Å²) in [4.78, 5) is 0. The summed E-state index contributed by atoms with van der Waals surface area (Å²) in [5.41, 5.74) is 1.70. The highest BCUT2D eigenvalue weighted by Crippen LogP contribution is 2.99. The van der Waals surface area contributed by atoms with E-state index in [1.54, 1.807) is 0 Å². The van der Waals surface area contributed by atoms with E-state index < -0.39 is 0 Å². The highest BCUT2D eigenvalue weighted by molar-refractivity contribution is 5.42. The van der Waals surface area contributed by atoms with Crippen molar-refractivity contribution < 1.29 is 5.11 Å². The lowest BCUT2D eigenvalue weighted by Crippen LogP contribution is -2.44. The molecule has 0 radical (unpaired) electrons. The molecule has 0 aromatic rings. The van der Waals surface area contributed by atoms with E-state index in [1.807, 2.05) is 0 Å². The maximum Gasteiger partial charge on any atom is 0.0610 e. The van der Waals surface area contributed by atoms with Crippen molar-refractivity contribution >= 4 is 0 Å². The molecule has 2 spiro atoms. The van der Waals surface area contributed by atoms with Crippen molar-refractivity contribution in [1.29, 1.82) is 0 Å². The van der Waals surface area contributed by atoms with Gasteiger partial charge in [0.1, 0.15) is 0 Å². The van der Waals surface area contributed by atoms with E-state index in [0.717, 1.165) is 18.3 Å². The van der Waals surface area contributed by atoms with Crippen LogP contribution in [0.25, 0.3) is 0 Å². The predicted octanol–water partition coefficient (Wildman–Crippen LogP) is 3.22. The fraction of sp³-hybridized carbons (Fsp3) is 1.00. The Labute approximate surface area is 98.6 Å². The normalized spacial score (nSPS) is 63.2. The van der Waals surface area contributed by atoms with Crippen molar-refractivity contribution in [1.82, 2.24) is 0 Å². The van der Waals surface area contributed by atoms with Crippen LogP contribution < -0.4 is 0 Å². The zero-order valence-corrected chi connectivity index (χ0v) is 11.0. The Morgan fingerprint density at radius 3 is 2.38 bits per heavy atom. The Kier molecular flexibility index (Phi) is 1.33. The second-order valence-corrected chi connectivity index (χ2v) is 8.19. The third-order valence-electron chi connectivity index (χ3n) is 7.75. The van der Waals surface area contributed by atoms with Crippen molar-refractivity contribution in [3.8, 4) is 0 Å². The van der Waals surface area contributed by atoms with Gasteiger partial charge in [0, 0.05) is 5.41 Å². The van der Waals surface area contributed by atoms with E-state index in [1.165, 1.54) is 19.3 Å². The second kappa shape index (κ2) is 2.13. The van der Waals surface area contributed by atoms with Gasteiger partial charge in [-0.25, -0.2) is 0 Å². The van der Waals surface area contributed by atoms with Gasteiger partial charge < -0.3 is 5.11 Å². The summed E-state index contributed by atoms with van der Waals surface area (Å²) < 4.78 is 0. The van der Waals surface area contributed by atoms with Crippen LogP contribution in [0.4, 0.5) is 0 Å². The zero-order chi connectivity index (χ0) is 11.6. The van der Waals surface area contributed by atoms with E-state index in [4.69, 9.17) is 0 Å². The van der Waals surface area contributed by atoms with Crippen LogP contribution in [-0.4, -0.2) is 11.2 Å². The van der Waals surface area contributed by atoms with E-state index >= 15 is 0 Å². The molecule has 4 bridgehead atoms. The minimum absolute atomic E-state index is 0.00646. The van der Waals surface area contributed by atoms with Gasteiger partial charge in [0.05, 0.1) is 6.10 Å². The zero-order valence-electron chi connectivity index (χ0n) is 11.0. The molecule has 1 heteroatoms. The summed E-state index contributed by atoms with van der Waals surface area (Å²) in [5.74, 6) is 1.75. The van der Waals surface area contributed by atoms with Crippen molar-refractivity contribution in [2.24, 2.45) is 33.5 Å². The van der Waals surface area contributed by atoms with Gasteiger partial charge in [0.15, 0.2) is 0 Å². The number of aliphatic hydroxyl groups is 1. The van der Waals surface area contributed by atoms with Crippen LogP contribution in [0.5, 0.6) is 0 Å². The van der Waals surface area contributed by atoms with Crippen LogP contribution in [0.2, 0.25) is 0 Å². The molecule has 0 saturated heterocycles. The Balaban J connectivity index is 1.96. The Bertz CT molecular complexity index is 383. The number of hydrogen-bond acceptors (Lipinski definition) is 1. The maximum absolute atomic E-state index is 10.6. The molecule has 0 aliphatic heterocycles. The molecule has 1 N–H and O–H groups in total. The van der Waals surface area contributed by atoms with Crippen molar-refractivity contribution in [3.63, 3.8) is 0 Å². The molecule has 5 fully saturated rings. The van der Waals surface area contributed by atoms with Gasteiger partial charge >= 0.3 is 0 Å². The number of rotatable bonds is 0. The summed E-state index contributed by atoms with van der Waals surface area (Å²) >= 11 is 0. The van der Waals surface area contributed by atoms with E-state index in [2.05, 4.69) is 27.7 Å². The molecule has 90 valence electrons. The molecule has 5 atom stereocenters. The molecule has 5 rings (SSSR count). The van der Waals surface area contributed by atoms with Crippen LogP contribution in [0.15, 0.2) is 0 Å². The van der Waals surface area contributed by atoms with Crippen molar-refractivity contribution in [2.45, 2.75) is 59.5 Å². The monoisotopic (exact) mass is 220 g/mol. The van der Waals surface area contributed by atoms with Crippen LogP contribution in [0, 0.1) is 33.5 Å². The Morgan fingerprint density at radius 2 is 1.81 bits per heavy atom. The SMILES string of the molecule is CC1(C)[C@@H]2C[C@H]3[C@@]14[C@H](O)CCC(C)(C)[C@]34C2. The molecule has 0 unspecified atom stereocenters. The predicted molar refractivity (Wildman–Crippen MR) is 63.9 cm³/mol. The molecular formula is C15H24O. The molecule has 0 heterocycles. The molecule has 5 saturated carbocycles. The highest BCUT2D eigenvalue weighted by Gasteiger charge is 2.95. The Hall–Kier alpha value is -0.0400. The first-order chi connectivity index (χ1) is 7.32. The molecule has 0 amide bonds. The van der Waals surface area contributed by atoms with Crippen molar-refractivity contribution in [2.75, 3.05) is 0 Å². The first-order valence-corrected chi connectivity index (χ1v) is 7.00. The van der Waals surface area contributed by atoms with E-state index in [0.29, 0.717) is 21.7 Å². The third kappa shape index (κ3) is 0.573. The Morgan fingerprint density at radius 1 is 1.12 bits per heavy atom. The fourth-order valence-corrected chi connectivity index (χ4v) is 7.23. The van der Waals surface area contributed by atoms with Gasteiger partial charge in [-0.2, -0.15) is 0 Å². The molecule has 5 aliphatic rings. The summed E-state index contributed by atoms with van der Waals surface area (Å²) in [6.45, 7) is 9.82. The minimum atomic E-state index is -0.00646. The van der Waals surface area contributed by atoms with Gasteiger partial charge in [-0.05, 0) is 53.8 Å². The van der Waals surface area contributed by atoms with Crippen LogP contribution in [-0.2, 0) is 0 Å². The first-order valence-electron chi connectivity index (χ1n) is 7.00. The average molecular weight is 220 g/mol. The molecule has 5 aliphatic carbocycles. The summed E-state index contributed by atoms with van der Waals surface area (Å²) in [5, 5.41) is 10.6. The number of hydrogen-bond donors (Lipinski definition) is 1. The third-order valence-corrected chi connectivity index (χ3v) is 7.75. The topological polar surface area (TPSA) is 20.2 Å². The molecule has 16 heavy (non-hydrogen) atoms. The van der Waals surface area contributed by atoms with E-state index in [-0.39, 0.29) is 6.10 Å². The van der Waals surface area contributed by atoms with Crippen LogP contribution >= 0.6 is 0 Å². The van der Waals surface area contributed by atoms with Crippen molar-refractivity contribution in [3.05, 3.63) is 0 Å². The second-order valence-electron chi connectivity index (χ2n) is 8.19. The van der Waals surface area contributed by atoms with E-state index in [9.17, 15) is 5.11 Å². The highest BCUT2D eigenvalue weighted by atomic mass is 16.3. The summed E-state index contributed by atoms with van der Waals surface area (Å²) in [7, 11) is 0. The van der Waals surface area contributed by atoms with Gasteiger partial charge in [-0.15, -0.1) is 0 Å². The lowest BCUT2D eigenvalue weighted by molar-refractivity contribution is -0.0567. The minimum Gasteiger partial charge on any atom is -0.392 e. The quantitative estimate of drug-likeness (QED) is 0.664. The van der Waals surface area contributed by atoms with Crippen LogP contribution in [0.3, 0.4) is 0 Å². The molecular weight excluding hydrogens is 196 g/mol. The standard InChI is InChI=1S/C15H24O/c1-12(2)6-5-11(16)15-10-7-9(13(15,3)4)8-14(10,12)15/h9-11,16H,5-8H2,1-4H3/t9-,10-,11-,14+,15-/m1/s1. The molecule has 0 aromatic carbocycles. The first kappa shape index (κ1) is 9.94. The smallest absolute Gasteiger partial charge is 0.0610 e. The number of aliphatic hydroxyl groups excluding tert-OH is 1. The molecule has 1 nitrogen and oxygen atoms in total. The van der Waals surface area contributed by atoms with Crippen LogP contribution in [0.1, 0.15) is 53.4 Å². The van der Waals surface area contributed by atoms with Gasteiger partial charge in [0.25, 0.3) is 0 Å². The molecule has 0 aromatic heterocycles. The average Bonchev–Trinajstić information content (AvgIpc) is 2.47. The lowest BCUT2D eigenvalue weighted by Gasteiger charge is -2.46. The largest absolute Gasteiger partial charge is 0.392 e. The lowest BCUT2D eigenvalue weighted by atomic mass is 9.60. The summed E-state index contributed by atoms with van der Waals surface area (Å²) in [6.07, 6.45) is 5.09. The fourth-order valence-electron chi connectivity index (χ4n) is 7.23. The van der Waals surface area contributed by atoms with Gasteiger partial charge in [0.2, 0.25) is 0 Å².